The van der Waals surface area contributed by atoms with Crippen LogP contribution in [0.25, 0.3) is 0 Å². The minimum absolute atomic E-state index is 0.276. The molecule has 0 aromatic heterocycles. The van der Waals surface area contributed by atoms with Crippen LogP contribution in [0.3, 0.4) is 0 Å². The van der Waals surface area contributed by atoms with Crippen LogP contribution in [0.5, 0.6) is 0 Å². The van der Waals surface area contributed by atoms with Crippen molar-refractivity contribution in [2.24, 2.45) is 5.73 Å². The van der Waals surface area contributed by atoms with Crippen LogP contribution < -0.4 is 16.0 Å². The van der Waals surface area contributed by atoms with Crippen LogP contribution in [0.15, 0.2) is 30.3 Å². The molecular formula is C16H27N3O. The molecule has 112 valence electrons. The fraction of sp³-hybridized carbons (Fsp3) is 0.562. The van der Waals surface area contributed by atoms with Crippen LogP contribution in [0.1, 0.15) is 33.6 Å². The Bertz CT molecular complexity index is 407. The van der Waals surface area contributed by atoms with Gasteiger partial charge in [0.15, 0.2) is 0 Å². The van der Waals surface area contributed by atoms with Gasteiger partial charge in [0.2, 0.25) is 5.91 Å². The number of anilines is 1. The molecule has 0 saturated heterocycles. The smallest absolute Gasteiger partial charge is 0.237 e. The Hall–Kier alpha value is -1.55. The van der Waals surface area contributed by atoms with Gasteiger partial charge in [-0.3, -0.25) is 4.79 Å². The Kier molecular flexibility index (Phi) is 6.52. The summed E-state index contributed by atoms with van der Waals surface area (Å²) < 4.78 is 0. The van der Waals surface area contributed by atoms with E-state index in [0.29, 0.717) is 0 Å². The zero-order valence-electron chi connectivity index (χ0n) is 12.9. The summed E-state index contributed by atoms with van der Waals surface area (Å²) >= 11 is 0. The van der Waals surface area contributed by atoms with E-state index >= 15 is 0 Å². The number of nitrogens with zero attached hydrogens (tertiary/aromatic N) is 1. The molecule has 1 aromatic rings. The number of nitrogens with two attached hydrogens (primary N) is 1. The summed E-state index contributed by atoms with van der Waals surface area (Å²) in [5, 5.41) is 3.20. The lowest BCUT2D eigenvalue weighted by molar-refractivity contribution is -0.124. The van der Waals surface area contributed by atoms with E-state index in [0.717, 1.165) is 32.5 Å². The molecule has 4 heteroatoms. The van der Waals surface area contributed by atoms with E-state index in [4.69, 9.17) is 5.73 Å². The van der Waals surface area contributed by atoms with E-state index in [9.17, 15) is 4.79 Å². The van der Waals surface area contributed by atoms with Crippen molar-refractivity contribution >= 4 is 11.6 Å². The molecule has 1 rings (SSSR count). The second-order valence-corrected chi connectivity index (χ2v) is 5.25. The maximum Gasteiger partial charge on any atom is 0.237 e. The molecule has 1 aromatic carbocycles. The molecule has 0 saturated carbocycles. The molecule has 0 fully saturated rings. The van der Waals surface area contributed by atoms with Crippen LogP contribution >= 0.6 is 0 Å². The Morgan fingerprint density at radius 2 is 1.95 bits per heavy atom. The number of amides is 1. The molecule has 20 heavy (non-hydrogen) atoms. The summed E-state index contributed by atoms with van der Waals surface area (Å²) in [5.41, 5.74) is 6.12. The first-order valence-corrected chi connectivity index (χ1v) is 7.38. The molecule has 0 aliphatic heterocycles. The summed E-state index contributed by atoms with van der Waals surface area (Å²) in [7, 11) is 0. The van der Waals surface area contributed by atoms with E-state index in [2.05, 4.69) is 29.3 Å². The van der Waals surface area contributed by atoms with Gasteiger partial charge in [-0.1, -0.05) is 25.1 Å². The van der Waals surface area contributed by atoms with Gasteiger partial charge >= 0.3 is 0 Å². The van der Waals surface area contributed by atoms with E-state index in [1.165, 1.54) is 5.69 Å². The molecule has 0 spiro atoms. The van der Waals surface area contributed by atoms with Crippen molar-refractivity contribution in [1.29, 1.82) is 0 Å². The second-order valence-electron chi connectivity index (χ2n) is 5.25. The summed E-state index contributed by atoms with van der Waals surface area (Å²) in [5.74, 6) is -0.276. The number of hydrogen-bond donors (Lipinski definition) is 2. The summed E-state index contributed by atoms with van der Waals surface area (Å²) in [4.78, 5) is 13.9. The highest BCUT2D eigenvalue weighted by Crippen LogP contribution is 2.16. The highest BCUT2D eigenvalue weighted by molar-refractivity contribution is 5.84. The van der Waals surface area contributed by atoms with Gasteiger partial charge in [0.05, 0.1) is 5.54 Å². The lowest BCUT2D eigenvalue weighted by Gasteiger charge is -2.29. The fourth-order valence-corrected chi connectivity index (χ4v) is 2.42. The zero-order chi connectivity index (χ0) is 15.0. The average Bonchev–Trinajstić information content (AvgIpc) is 2.44. The maximum atomic E-state index is 11.6. The number of benzene rings is 1. The van der Waals surface area contributed by atoms with Crippen LogP contribution in [-0.4, -0.2) is 31.1 Å². The van der Waals surface area contributed by atoms with Crippen molar-refractivity contribution in [1.82, 2.24) is 5.32 Å². The molecule has 0 radical (unpaired) electrons. The van der Waals surface area contributed by atoms with E-state index in [1.54, 1.807) is 0 Å². The predicted molar refractivity (Wildman–Crippen MR) is 84.8 cm³/mol. The monoisotopic (exact) mass is 277 g/mol. The number of carbonyl (C=O) groups excluding carboxylic acids is 1. The average molecular weight is 277 g/mol. The van der Waals surface area contributed by atoms with Crippen molar-refractivity contribution in [2.75, 3.05) is 24.5 Å². The van der Waals surface area contributed by atoms with Gasteiger partial charge in [-0.25, -0.2) is 0 Å². The van der Waals surface area contributed by atoms with Crippen molar-refractivity contribution in [3.8, 4) is 0 Å². The second kappa shape index (κ2) is 7.90. The van der Waals surface area contributed by atoms with Crippen molar-refractivity contribution in [3.63, 3.8) is 0 Å². The highest BCUT2D eigenvalue weighted by atomic mass is 16.1. The SMILES string of the molecule is CCNC(C)(CCCN(CC)c1ccccc1)C(N)=O. The quantitative estimate of drug-likeness (QED) is 0.727. The third-order valence-corrected chi connectivity index (χ3v) is 3.72. The van der Waals surface area contributed by atoms with Crippen molar-refractivity contribution < 1.29 is 4.79 Å². The molecule has 1 unspecified atom stereocenters. The topological polar surface area (TPSA) is 58.4 Å². The third-order valence-electron chi connectivity index (χ3n) is 3.72. The number of hydrogen-bond acceptors (Lipinski definition) is 3. The van der Waals surface area contributed by atoms with Gasteiger partial charge in [-0.2, -0.15) is 0 Å². The van der Waals surface area contributed by atoms with E-state index in [-0.39, 0.29) is 5.91 Å². The molecule has 1 atom stereocenters. The van der Waals surface area contributed by atoms with Crippen molar-refractivity contribution in [2.45, 2.75) is 39.2 Å². The normalized spacial score (nSPS) is 13.8. The summed E-state index contributed by atoms with van der Waals surface area (Å²) in [6.45, 7) is 8.65. The highest BCUT2D eigenvalue weighted by Gasteiger charge is 2.29. The molecule has 0 heterocycles. The molecule has 1 amide bonds. The lowest BCUT2D eigenvalue weighted by atomic mass is 9.94. The first-order valence-electron chi connectivity index (χ1n) is 7.38. The lowest BCUT2D eigenvalue weighted by Crippen LogP contribution is -2.53. The standard InChI is InChI=1S/C16H27N3O/c1-4-18-16(3,15(17)20)12-9-13-19(5-2)14-10-7-6-8-11-14/h6-8,10-11,18H,4-5,9,12-13H2,1-3H3,(H2,17,20). The molecule has 0 aliphatic carbocycles. The van der Waals surface area contributed by atoms with E-state index < -0.39 is 5.54 Å². The number of carbonyl (C=O) groups is 1. The first kappa shape index (κ1) is 16.5. The first-order chi connectivity index (χ1) is 9.53. The molecular weight excluding hydrogens is 250 g/mol. The number of primary amides is 1. The summed E-state index contributed by atoms with van der Waals surface area (Å²) in [6.07, 6.45) is 1.68. The number of likely N-dealkylation sites (N-methyl/N-ethyl adjacent to an activating group) is 1. The van der Waals surface area contributed by atoms with Crippen LogP contribution in [0, 0.1) is 0 Å². The zero-order valence-corrected chi connectivity index (χ0v) is 12.9. The Labute approximate surface area is 122 Å². The van der Waals surface area contributed by atoms with Crippen molar-refractivity contribution in [3.05, 3.63) is 30.3 Å². The number of para-hydroxylation sites is 1. The van der Waals surface area contributed by atoms with Gasteiger partial charge in [-0.15, -0.1) is 0 Å². The van der Waals surface area contributed by atoms with Gasteiger partial charge in [0.25, 0.3) is 0 Å². The number of rotatable bonds is 9. The predicted octanol–water partition coefficient (Wildman–Crippen LogP) is 2.15. The van der Waals surface area contributed by atoms with Crippen LogP contribution in [0.2, 0.25) is 0 Å². The van der Waals surface area contributed by atoms with Gasteiger partial charge in [0, 0.05) is 18.8 Å². The summed E-state index contributed by atoms with van der Waals surface area (Å²) in [6, 6.07) is 10.3. The largest absolute Gasteiger partial charge is 0.372 e. The molecule has 4 nitrogen and oxygen atoms in total. The van der Waals surface area contributed by atoms with Crippen LogP contribution in [-0.2, 0) is 4.79 Å². The maximum absolute atomic E-state index is 11.6. The molecule has 0 aliphatic rings. The van der Waals surface area contributed by atoms with Gasteiger partial charge in [0.1, 0.15) is 0 Å². The fourth-order valence-electron chi connectivity index (χ4n) is 2.42. The third kappa shape index (κ3) is 4.53. The molecule has 0 bridgehead atoms. The van der Waals surface area contributed by atoms with Crippen LogP contribution in [0.4, 0.5) is 5.69 Å². The molecule has 3 N–H and O–H groups in total. The minimum Gasteiger partial charge on any atom is -0.372 e. The van der Waals surface area contributed by atoms with E-state index in [1.807, 2.05) is 32.0 Å². The van der Waals surface area contributed by atoms with Gasteiger partial charge in [-0.05, 0) is 45.4 Å². The minimum atomic E-state index is -0.606. The number of nitrogens with one attached hydrogen (secondary N) is 1. The Morgan fingerprint density at radius 1 is 1.30 bits per heavy atom. The van der Waals surface area contributed by atoms with Gasteiger partial charge < -0.3 is 16.0 Å². The Balaban J connectivity index is 2.55. The Morgan fingerprint density at radius 3 is 2.45 bits per heavy atom.